The molecule has 4 aromatic heterocycles. The van der Waals surface area contributed by atoms with Gasteiger partial charge in [-0.2, -0.15) is 5.10 Å². The fourth-order valence-electron chi connectivity index (χ4n) is 2.88. The normalized spacial score (nSPS) is 14.2. The molecule has 0 atom stereocenters. The summed E-state index contributed by atoms with van der Waals surface area (Å²) in [6.07, 6.45) is 7.40. The number of pyridine rings is 1. The molecule has 0 radical (unpaired) electrons. The van der Waals surface area contributed by atoms with Crippen LogP contribution >= 0.6 is 27.7 Å². The number of rotatable bonds is 4. The molecule has 0 unspecified atom stereocenters. The van der Waals surface area contributed by atoms with Gasteiger partial charge in [-0.3, -0.25) is 9.55 Å². The van der Waals surface area contributed by atoms with Crippen LogP contribution < -0.4 is 0 Å². The molecule has 0 amide bonds. The first kappa shape index (κ1) is 15.9. The van der Waals surface area contributed by atoms with Gasteiger partial charge in [0.25, 0.3) is 0 Å². The fraction of sp³-hybridized carbons (Fsp3) is 0.250. The van der Waals surface area contributed by atoms with Gasteiger partial charge in [-0.25, -0.2) is 14.6 Å². The van der Waals surface area contributed by atoms with Crippen LogP contribution in [-0.2, 0) is 7.05 Å². The summed E-state index contributed by atoms with van der Waals surface area (Å²) in [5.41, 5.74) is 1.74. The fourth-order valence-corrected chi connectivity index (χ4v) is 4.59. The predicted molar refractivity (Wildman–Crippen MR) is 99.7 cm³/mol. The number of aryl methyl sites for hydroxylation is 1. The third-order valence-electron chi connectivity index (χ3n) is 4.23. The highest BCUT2D eigenvalue weighted by molar-refractivity contribution is 9.10. The standard InChI is InChI=1S/C16H13BrN8S/c1-24-14-11(12(17)23-24)15(20-8-19-14)26-16-22-21-13(25(16)10-4-5-10)9-3-2-6-18-7-9/h2-3,6-8,10H,4-5H2,1H3. The summed E-state index contributed by atoms with van der Waals surface area (Å²) in [4.78, 5) is 13.0. The first-order chi connectivity index (χ1) is 12.7. The minimum absolute atomic E-state index is 0.428. The van der Waals surface area contributed by atoms with Crippen molar-refractivity contribution in [2.75, 3.05) is 0 Å². The molecule has 0 aromatic carbocycles. The Morgan fingerprint density at radius 2 is 2.12 bits per heavy atom. The lowest BCUT2D eigenvalue weighted by molar-refractivity contribution is 0.669. The van der Waals surface area contributed by atoms with Gasteiger partial charge in [0, 0.05) is 31.0 Å². The SMILES string of the molecule is Cn1nc(Br)c2c(Sc3nnc(-c4cccnc4)n3C3CC3)ncnc21. The molecule has 0 bridgehead atoms. The van der Waals surface area contributed by atoms with Crippen LogP contribution in [0.3, 0.4) is 0 Å². The van der Waals surface area contributed by atoms with Gasteiger partial charge in [-0.05, 0) is 52.7 Å². The first-order valence-electron chi connectivity index (χ1n) is 8.08. The van der Waals surface area contributed by atoms with E-state index in [1.165, 1.54) is 11.8 Å². The van der Waals surface area contributed by atoms with Crippen molar-refractivity contribution in [3.8, 4) is 11.4 Å². The molecule has 0 spiro atoms. The van der Waals surface area contributed by atoms with Crippen molar-refractivity contribution in [3.05, 3.63) is 35.5 Å². The third kappa shape index (κ3) is 2.60. The number of fused-ring (bicyclic) bond motifs is 1. The van der Waals surface area contributed by atoms with E-state index in [2.05, 4.69) is 50.7 Å². The van der Waals surface area contributed by atoms with Crippen molar-refractivity contribution in [1.29, 1.82) is 0 Å². The maximum absolute atomic E-state index is 4.45. The molecule has 4 aromatic rings. The average Bonchev–Trinajstić information content (AvgIpc) is 3.35. The molecule has 26 heavy (non-hydrogen) atoms. The Kier molecular flexibility index (Phi) is 3.75. The van der Waals surface area contributed by atoms with Crippen molar-refractivity contribution in [1.82, 2.24) is 39.5 Å². The minimum atomic E-state index is 0.428. The highest BCUT2D eigenvalue weighted by Crippen LogP contribution is 2.43. The Morgan fingerprint density at radius 3 is 2.88 bits per heavy atom. The van der Waals surface area contributed by atoms with Crippen LogP contribution in [0.2, 0.25) is 0 Å². The van der Waals surface area contributed by atoms with Crippen LogP contribution in [0.25, 0.3) is 22.4 Å². The van der Waals surface area contributed by atoms with E-state index in [9.17, 15) is 0 Å². The number of hydrogen-bond acceptors (Lipinski definition) is 7. The minimum Gasteiger partial charge on any atom is -0.299 e. The van der Waals surface area contributed by atoms with E-state index in [-0.39, 0.29) is 0 Å². The van der Waals surface area contributed by atoms with Crippen molar-refractivity contribution in [2.24, 2.45) is 7.05 Å². The second kappa shape index (κ2) is 6.13. The van der Waals surface area contributed by atoms with Crippen molar-refractivity contribution < 1.29 is 0 Å². The van der Waals surface area contributed by atoms with Crippen molar-refractivity contribution >= 4 is 38.7 Å². The Morgan fingerprint density at radius 1 is 1.23 bits per heavy atom. The van der Waals surface area contributed by atoms with Gasteiger partial charge in [0.1, 0.15) is 16.0 Å². The lowest BCUT2D eigenvalue weighted by atomic mass is 10.3. The Balaban J connectivity index is 1.61. The molecule has 0 saturated heterocycles. The molecular formula is C16H13BrN8S. The van der Waals surface area contributed by atoms with Crippen molar-refractivity contribution in [3.63, 3.8) is 0 Å². The Hall–Kier alpha value is -2.33. The van der Waals surface area contributed by atoms with Gasteiger partial charge in [-0.1, -0.05) is 0 Å². The Labute approximate surface area is 161 Å². The maximum atomic E-state index is 4.45. The van der Waals surface area contributed by atoms with Gasteiger partial charge in [0.05, 0.1) is 5.39 Å². The number of halogens is 1. The van der Waals surface area contributed by atoms with Gasteiger partial charge >= 0.3 is 0 Å². The maximum Gasteiger partial charge on any atom is 0.198 e. The van der Waals surface area contributed by atoms with Gasteiger partial charge in [0.15, 0.2) is 16.6 Å². The number of aromatic nitrogens is 8. The first-order valence-corrected chi connectivity index (χ1v) is 9.69. The molecule has 8 nitrogen and oxygen atoms in total. The summed E-state index contributed by atoms with van der Waals surface area (Å²) in [5.74, 6) is 0.846. The number of hydrogen-bond donors (Lipinski definition) is 0. The monoisotopic (exact) mass is 428 g/mol. The zero-order valence-electron chi connectivity index (χ0n) is 13.7. The van der Waals surface area contributed by atoms with Crippen LogP contribution in [0.15, 0.2) is 45.6 Å². The van der Waals surface area contributed by atoms with Crippen LogP contribution in [0.5, 0.6) is 0 Å². The van der Waals surface area contributed by atoms with E-state index in [1.54, 1.807) is 17.2 Å². The van der Waals surface area contributed by atoms with E-state index in [4.69, 9.17) is 0 Å². The van der Waals surface area contributed by atoms with Crippen LogP contribution in [0.1, 0.15) is 18.9 Å². The summed E-state index contributed by atoms with van der Waals surface area (Å²) in [7, 11) is 1.86. The average molecular weight is 429 g/mol. The summed E-state index contributed by atoms with van der Waals surface area (Å²) in [5, 5.41) is 15.8. The molecule has 130 valence electrons. The predicted octanol–water partition coefficient (Wildman–Crippen LogP) is 3.27. The summed E-state index contributed by atoms with van der Waals surface area (Å²) >= 11 is 5.00. The second-order valence-electron chi connectivity index (χ2n) is 6.04. The van der Waals surface area contributed by atoms with Crippen LogP contribution in [0, 0.1) is 0 Å². The molecule has 0 N–H and O–H groups in total. The molecule has 1 fully saturated rings. The molecule has 1 aliphatic carbocycles. The zero-order valence-corrected chi connectivity index (χ0v) is 16.1. The lowest BCUT2D eigenvalue weighted by Crippen LogP contribution is -2.00. The van der Waals surface area contributed by atoms with Crippen molar-refractivity contribution in [2.45, 2.75) is 29.1 Å². The highest BCUT2D eigenvalue weighted by Gasteiger charge is 2.31. The highest BCUT2D eigenvalue weighted by atomic mass is 79.9. The lowest BCUT2D eigenvalue weighted by Gasteiger charge is -2.08. The zero-order chi connectivity index (χ0) is 17.7. The van der Waals surface area contributed by atoms with Crippen LogP contribution in [-0.4, -0.2) is 39.5 Å². The molecule has 4 heterocycles. The van der Waals surface area contributed by atoms with Crippen LogP contribution in [0.4, 0.5) is 0 Å². The van der Waals surface area contributed by atoms with E-state index in [0.29, 0.717) is 6.04 Å². The summed E-state index contributed by atoms with van der Waals surface area (Å²) < 4.78 is 4.65. The van der Waals surface area contributed by atoms with E-state index >= 15 is 0 Å². The molecule has 1 aliphatic rings. The number of nitrogens with zero attached hydrogens (tertiary/aromatic N) is 8. The van der Waals surface area contributed by atoms with E-state index < -0.39 is 0 Å². The van der Waals surface area contributed by atoms with E-state index in [1.807, 2.05) is 25.4 Å². The Bertz CT molecular complexity index is 1100. The van der Waals surface area contributed by atoms with Gasteiger partial charge in [0.2, 0.25) is 0 Å². The quantitative estimate of drug-likeness (QED) is 0.460. The largest absolute Gasteiger partial charge is 0.299 e. The summed E-state index contributed by atoms with van der Waals surface area (Å²) in [6.45, 7) is 0. The molecular weight excluding hydrogens is 416 g/mol. The topological polar surface area (TPSA) is 87.2 Å². The summed E-state index contributed by atoms with van der Waals surface area (Å²) in [6, 6.07) is 4.34. The molecule has 1 saturated carbocycles. The smallest absolute Gasteiger partial charge is 0.198 e. The van der Waals surface area contributed by atoms with Gasteiger partial charge in [-0.15, -0.1) is 10.2 Å². The molecule has 0 aliphatic heterocycles. The third-order valence-corrected chi connectivity index (χ3v) is 5.75. The molecule has 5 rings (SSSR count). The van der Waals surface area contributed by atoms with E-state index in [0.717, 1.165) is 50.0 Å². The second-order valence-corrected chi connectivity index (χ2v) is 7.75. The molecule has 10 heteroatoms. The van der Waals surface area contributed by atoms with Gasteiger partial charge < -0.3 is 0 Å².